The molecule has 0 saturated carbocycles. The second kappa shape index (κ2) is 14.6. The van der Waals surface area contributed by atoms with Crippen LogP contribution in [0, 0.1) is 0 Å². The van der Waals surface area contributed by atoms with Gasteiger partial charge in [-0.2, -0.15) is 4.31 Å². The van der Waals surface area contributed by atoms with Crippen LogP contribution in [0.15, 0.2) is 48.5 Å². The summed E-state index contributed by atoms with van der Waals surface area (Å²) >= 11 is 6.06. The minimum Gasteiger partial charge on any atom is -0.496 e. The first-order chi connectivity index (χ1) is 18.7. The molecule has 2 amide bonds. The van der Waals surface area contributed by atoms with E-state index in [1.54, 1.807) is 47.1 Å². The van der Waals surface area contributed by atoms with E-state index < -0.39 is 10.0 Å². The van der Waals surface area contributed by atoms with Gasteiger partial charge in [0.15, 0.2) is 0 Å². The van der Waals surface area contributed by atoms with Crippen molar-refractivity contribution in [3.8, 4) is 5.75 Å². The van der Waals surface area contributed by atoms with E-state index in [2.05, 4.69) is 0 Å². The first-order valence-electron chi connectivity index (χ1n) is 13.1. The van der Waals surface area contributed by atoms with E-state index in [1.165, 1.54) is 18.5 Å². The maximum atomic E-state index is 13.7. The number of carbonyl (C=O) groups is 2. The quantitative estimate of drug-likeness (QED) is 0.359. The van der Waals surface area contributed by atoms with Gasteiger partial charge in [0, 0.05) is 44.4 Å². The van der Waals surface area contributed by atoms with E-state index in [1.807, 2.05) is 18.2 Å². The average molecular weight is 580 g/mol. The lowest BCUT2D eigenvalue weighted by Crippen LogP contribution is -2.51. The number of para-hydroxylation sites is 1. The number of hydrogen-bond donors (Lipinski definition) is 0. The summed E-state index contributed by atoms with van der Waals surface area (Å²) in [6, 6.07) is 14.2. The van der Waals surface area contributed by atoms with Crippen LogP contribution in [0.5, 0.6) is 5.75 Å². The third kappa shape index (κ3) is 8.41. The van der Waals surface area contributed by atoms with Crippen molar-refractivity contribution in [3.63, 3.8) is 0 Å². The van der Waals surface area contributed by atoms with Crippen LogP contribution in [0.25, 0.3) is 0 Å². The number of benzene rings is 2. The Morgan fingerprint density at radius 2 is 1.72 bits per heavy atom. The van der Waals surface area contributed by atoms with Crippen molar-refractivity contribution >= 4 is 33.4 Å². The molecule has 0 aromatic heterocycles. The highest BCUT2D eigenvalue weighted by Crippen LogP contribution is 2.25. The van der Waals surface area contributed by atoms with Gasteiger partial charge in [-0.15, -0.1) is 0 Å². The summed E-state index contributed by atoms with van der Waals surface area (Å²) in [4.78, 5) is 30.4. The summed E-state index contributed by atoms with van der Waals surface area (Å²) in [6.07, 6.45) is 1.59. The minimum absolute atomic E-state index is 0.0371. The Labute approximate surface area is 236 Å². The molecule has 3 rings (SSSR count). The zero-order valence-corrected chi connectivity index (χ0v) is 24.4. The molecule has 0 atom stereocenters. The summed E-state index contributed by atoms with van der Waals surface area (Å²) in [5, 5.41) is 0.594. The predicted molar refractivity (Wildman–Crippen MR) is 151 cm³/mol. The van der Waals surface area contributed by atoms with Crippen molar-refractivity contribution < 1.29 is 27.5 Å². The first-order valence-corrected chi connectivity index (χ1v) is 15.1. The maximum Gasteiger partial charge on any atom is 0.257 e. The van der Waals surface area contributed by atoms with Crippen molar-refractivity contribution in [1.29, 1.82) is 0 Å². The monoisotopic (exact) mass is 579 g/mol. The number of amides is 2. The summed E-state index contributed by atoms with van der Waals surface area (Å²) in [7, 11) is -0.580. The molecule has 1 saturated heterocycles. The lowest BCUT2D eigenvalue weighted by molar-refractivity contribution is -0.135. The van der Waals surface area contributed by atoms with Crippen LogP contribution in [-0.4, -0.2) is 93.1 Å². The van der Waals surface area contributed by atoms with Gasteiger partial charge in [-0.3, -0.25) is 9.59 Å². The van der Waals surface area contributed by atoms with Crippen molar-refractivity contribution in [2.75, 3.05) is 52.8 Å². The van der Waals surface area contributed by atoms with Gasteiger partial charge in [-0.25, -0.2) is 8.42 Å². The normalized spacial score (nSPS) is 14.4. The van der Waals surface area contributed by atoms with Crippen LogP contribution in [0.3, 0.4) is 0 Å². The van der Waals surface area contributed by atoms with Gasteiger partial charge >= 0.3 is 0 Å². The molecule has 2 aromatic carbocycles. The van der Waals surface area contributed by atoms with Gasteiger partial charge in [0.2, 0.25) is 15.9 Å². The summed E-state index contributed by atoms with van der Waals surface area (Å²) in [5.41, 5.74) is 1.39. The SMILES string of the molecule is CCCS(=O)(=O)N(CCOC)CC(=O)N(Cc1ccc(Cl)cc1)C1CCN(C(=O)c2ccccc2OC)CC1. The average Bonchev–Trinajstić information content (AvgIpc) is 2.94. The van der Waals surface area contributed by atoms with Crippen molar-refractivity contribution in [3.05, 3.63) is 64.7 Å². The Kier molecular flexibility index (Phi) is 11.6. The zero-order valence-electron chi connectivity index (χ0n) is 22.8. The third-order valence-corrected chi connectivity index (χ3v) is 9.10. The van der Waals surface area contributed by atoms with Crippen LogP contribution in [-0.2, 0) is 26.1 Å². The smallest absolute Gasteiger partial charge is 0.257 e. The molecule has 0 aliphatic carbocycles. The first kappa shape index (κ1) is 30.9. The fourth-order valence-corrected chi connectivity index (χ4v) is 6.28. The zero-order chi connectivity index (χ0) is 28.4. The molecule has 214 valence electrons. The molecule has 2 aromatic rings. The van der Waals surface area contributed by atoms with E-state index >= 15 is 0 Å². The number of piperidine rings is 1. The molecule has 0 radical (unpaired) electrons. The van der Waals surface area contributed by atoms with E-state index in [0.29, 0.717) is 55.2 Å². The summed E-state index contributed by atoms with van der Waals surface area (Å²) < 4.78 is 37.5. The number of ether oxygens (including phenoxy) is 2. The van der Waals surface area contributed by atoms with Crippen LogP contribution in [0.4, 0.5) is 0 Å². The largest absolute Gasteiger partial charge is 0.496 e. The molecule has 0 bridgehead atoms. The van der Waals surface area contributed by atoms with Crippen LogP contribution in [0.2, 0.25) is 5.02 Å². The number of nitrogens with zero attached hydrogens (tertiary/aromatic N) is 3. The predicted octanol–water partition coefficient (Wildman–Crippen LogP) is 3.67. The highest BCUT2D eigenvalue weighted by molar-refractivity contribution is 7.89. The molecule has 1 heterocycles. The third-order valence-electron chi connectivity index (χ3n) is 6.83. The molecular formula is C28H38ClN3O6S. The Morgan fingerprint density at radius 1 is 1.05 bits per heavy atom. The highest BCUT2D eigenvalue weighted by atomic mass is 35.5. The molecule has 1 aliphatic rings. The Bertz CT molecular complexity index is 1200. The summed E-state index contributed by atoms with van der Waals surface area (Å²) in [6.45, 7) is 3.07. The second-order valence-corrected chi connectivity index (χ2v) is 12.0. The van der Waals surface area contributed by atoms with E-state index in [-0.39, 0.29) is 43.3 Å². The fraction of sp³-hybridized carbons (Fsp3) is 0.500. The summed E-state index contributed by atoms with van der Waals surface area (Å²) in [5.74, 6) is 0.0895. The standard InChI is InChI=1S/C28H38ClN3O6S/c1-4-19-39(35,36)31(17-18-37-2)21-27(33)32(20-22-9-11-23(29)12-10-22)24-13-15-30(16-14-24)28(34)25-7-5-6-8-26(25)38-3/h5-12,24H,4,13-21H2,1-3H3. The second-order valence-electron chi connectivity index (χ2n) is 9.51. The Hall–Kier alpha value is -2.66. The molecule has 0 unspecified atom stereocenters. The van der Waals surface area contributed by atoms with Gasteiger partial charge in [0.05, 0.1) is 31.6 Å². The van der Waals surface area contributed by atoms with Crippen molar-refractivity contribution in [2.24, 2.45) is 0 Å². The topological polar surface area (TPSA) is 96.5 Å². The maximum absolute atomic E-state index is 13.7. The van der Waals surface area contributed by atoms with Crippen LogP contribution in [0.1, 0.15) is 42.1 Å². The van der Waals surface area contributed by atoms with Crippen LogP contribution < -0.4 is 4.74 Å². The highest BCUT2D eigenvalue weighted by Gasteiger charge is 2.33. The number of rotatable bonds is 13. The molecule has 1 fully saturated rings. The molecular weight excluding hydrogens is 542 g/mol. The van der Waals surface area contributed by atoms with Gasteiger partial charge in [0.25, 0.3) is 5.91 Å². The minimum atomic E-state index is -3.62. The van der Waals surface area contributed by atoms with Gasteiger partial charge in [-0.05, 0) is 49.1 Å². The van der Waals surface area contributed by atoms with Crippen LogP contribution >= 0.6 is 11.6 Å². The molecule has 0 spiro atoms. The molecule has 39 heavy (non-hydrogen) atoms. The van der Waals surface area contributed by atoms with E-state index in [0.717, 1.165) is 5.56 Å². The van der Waals surface area contributed by atoms with Gasteiger partial charge in [0.1, 0.15) is 5.75 Å². The number of halogens is 1. The Morgan fingerprint density at radius 3 is 2.33 bits per heavy atom. The Balaban J connectivity index is 1.79. The molecule has 1 aliphatic heterocycles. The fourth-order valence-electron chi connectivity index (χ4n) is 4.72. The number of sulfonamides is 1. The number of methoxy groups -OCH3 is 2. The van der Waals surface area contributed by atoms with Gasteiger partial charge < -0.3 is 19.3 Å². The van der Waals surface area contributed by atoms with E-state index in [4.69, 9.17) is 21.1 Å². The number of carbonyl (C=O) groups excluding carboxylic acids is 2. The van der Waals surface area contributed by atoms with Gasteiger partial charge in [-0.1, -0.05) is 42.8 Å². The lowest BCUT2D eigenvalue weighted by Gasteiger charge is -2.39. The molecule has 0 N–H and O–H groups in total. The molecule has 9 nitrogen and oxygen atoms in total. The molecule has 11 heteroatoms. The van der Waals surface area contributed by atoms with Crippen molar-refractivity contribution in [1.82, 2.24) is 14.1 Å². The lowest BCUT2D eigenvalue weighted by atomic mass is 10.0. The van der Waals surface area contributed by atoms with Crippen molar-refractivity contribution in [2.45, 2.75) is 38.8 Å². The van der Waals surface area contributed by atoms with E-state index in [9.17, 15) is 18.0 Å². The number of likely N-dealkylation sites (tertiary alicyclic amines) is 1. The number of hydrogen-bond acceptors (Lipinski definition) is 6.